The van der Waals surface area contributed by atoms with E-state index in [0.717, 1.165) is 17.3 Å². The van der Waals surface area contributed by atoms with Crippen molar-refractivity contribution in [3.05, 3.63) is 46.4 Å². The molecule has 2 amide bonds. The van der Waals surface area contributed by atoms with Crippen LogP contribution >= 0.6 is 11.6 Å². The fourth-order valence-electron chi connectivity index (χ4n) is 3.79. The second-order valence-corrected chi connectivity index (χ2v) is 8.16. The molecule has 0 aliphatic carbocycles. The summed E-state index contributed by atoms with van der Waals surface area (Å²) in [5.41, 5.74) is 1.86. The van der Waals surface area contributed by atoms with Gasteiger partial charge >= 0.3 is 0 Å². The van der Waals surface area contributed by atoms with Crippen LogP contribution in [-0.4, -0.2) is 45.1 Å². The van der Waals surface area contributed by atoms with Gasteiger partial charge in [0.25, 0.3) is 5.91 Å². The maximum absolute atomic E-state index is 13.1. The predicted octanol–water partition coefficient (Wildman–Crippen LogP) is 3.07. The van der Waals surface area contributed by atoms with Crippen molar-refractivity contribution in [1.82, 2.24) is 25.5 Å². The van der Waals surface area contributed by atoms with Crippen molar-refractivity contribution in [3.63, 3.8) is 0 Å². The van der Waals surface area contributed by atoms with E-state index in [9.17, 15) is 9.59 Å². The average molecular weight is 416 g/mol. The molecule has 3 aromatic rings. The molecule has 152 valence electrons. The van der Waals surface area contributed by atoms with Crippen LogP contribution in [0.1, 0.15) is 41.6 Å². The standard InChI is InChI=1S/C20H22ClN5O3/c1-12-17(25-29-24-12)10-22-19(28)20(2)7-4-8-26(11-20)18(27)16-9-13-14(21)5-3-6-15(13)23-16/h3,5-6,9,23H,4,7-8,10-11H2,1-2H3,(H,22,28)/t20-/m1/s1. The normalized spacial score (nSPS) is 19.5. The topological polar surface area (TPSA) is 104 Å². The molecule has 29 heavy (non-hydrogen) atoms. The zero-order valence-electron chi connectivity index (χ0n) is 16.3. The largest absolute Gasteiger partial charge is 0.350 e. The van der Waals surface area contributed by atoms with Gasteiger partial charge in [0.2, 0.25) is 5.91 Å². The van der Waals surface area contributed by atoms with Gasteiger partial charge in [0.15, 0.2) is 0 Å². The first-order chi connectivity index (χ1) is 13.9. The van der Waals surface area contributed by atoms with Crippen LogP contribution in [0.5, 0.6) is 0 Å². The summed E-state index contributed by atoms with van der Waals surface area (Å²) in [7, 11) is 0. The van der Waals surface area contributed by atoms with Crippen LogP contribution in [0.25, 0.3) is 10.9 Å². The van der Waals surface area contributed by atoms with Gasteiger partial charge in [0.1, 0.15) is 17.1 Å². The highest BCUT2D eigenvalue weighted by atomic mass is 35.5. The molecule has 1 aromatic carbocycles. The maximum Gasteiger partial charge on any atom is 0.270 e. The maximum atomic E-state index is 13.1. The number of nitrogens with zero attached hydrogens (tertiary/aromatic N) is 3. The number of aryl methyl sites for hydroxylation is 1. The molecule has 0 spiro atoms. The number of nitrogens with one attached hydrogen (secondary N) is 2. The fraction of sp³-hybridized carbons (Fsp3) is 0.400. The monoisotopic (exact) mass is 415 g/mol. The number of halogens is 1. The van der Waals surface area contributed by atoms with E-state index < -0.39 is 5.41 Å². The smallest absolute Gasteiger partial charge is 0.270 e. The molecular formula is C20H22ClN5O3. The van der Waals surface area contributed by atoms with E-state index in [1.54, 1.807) is 24.0 Å². The van der Waals surface area contributed by atoms with Crippen LogP contribution in [0.2, 0.25) is 5.02 Å². The Morgan fingerprint density at radius 1 is 1.38 bits per heavy atom. The summed E-state index contributed by atoms with van der Waals surface area (Å²) in [6, 6.07) is 7.28. The Balaban J connectivity index is 1.47. The summed E-state index contributed by atoms with van der Waals surface area (Å²) in [6.45, 7) is 4.86. The Labute approximate surface area is 172 Å². The molecule has 0 radical (unpaired) electrons. The van der Waals surface area contributed by atoms with Gasteiger partial charge in [-0.05, 0) is 44.9 Å². The highest BCUT2D eigenvalue weighted by molar-refractivity contribution is 6.35. The van der Waals surface area contributed by atoms with Gasteiger partial charge < -0.3 is 15.2 Å². The predicted molar refractivity (Wildman–Crippen MR) is 107 cm³/mol. The highest BCUT2D eigenvalue weighted by Gasteiger charge is 2.39. The first kappa shape index (κ1) is 19.4. The lowest BCUT2D eigenvalue weighted by Crippen LogP contribution is -2.51. The lowest BCUT2D eigenvalue weighted by Gasteiger charge is -2.39. The molecule has 1 saturated heterocycles. The number of benzene rings is 1. The number of hydrogen-bond acceptors (Lipinski definition) is 5. The molecule has 1 fully saturated rings. The van der Waals surface area contributed by atoms with E-state index in [0.29, 0.717) is 41.6 Å². The second kappa shape index (κ2) is 7.51. The number of hydrogen-bond donors (Lipinski definition) is 2. The SMILES string of the molecule is Cc1nonc1CNC(=O)[C@]1(C)CCCN(C(=O)c2cc3c(Cl)cccc3[nH]2)C1. The van der Waals surface area contributed by atoms with Gasteiger partial charge in [-0.3, -0.25) is 9.59 Å². The van der Waals surface area contributed by atoms with E-state index in [1.807, 2.05) is 19.1 Å². The minimum absolute atomic E-state index is 0.114. The number of aromatic amines is 1. The van der Waals surface area contributed by atoms with Crippen molar-refractivity contribution < 1.29 is 14.2 Å². The van der Waals surface area contributed by atoms with Crippen LogP contribution < -0.4 is 5.32 Å². The minimum Gasteiger partial charge on any atom is -0.350 e. The third-order valence-electron chi connectivity index (χ3n) is 5.54. The van der Waals surface area contributed by atoms with Gasteiger partial charge in [-0.25, -0.2) is 4.63 Å². The molecule has 2 aromatic heterocycles. The quantitative estimate of drug-likeness (QED) is 0.681. The molecule has 0 unspecified atom stereocenters. The summed E-state index contributed by atoms with van der Waals surface area (Å²) in [6.07, 6.45) is 1.46. The lowest BCUT2D eigenvalue weighted by molar-refractivity contribution is -0.132. The molecule has 0 bridgehead atoms. The van der Waals surface area contributed by atoms with Crippen LogP contribution in [0.4, 0.5) is 0 Å². The van der Waals surface area contributed by atoms with Crippen molar-refractivity contribution in [2.75, 3.05) is 13.1 Å². The molecule has 8 nitrogen and oxygen atoms in total. The van der Waals surface area contributed by atoms with Gasteiger partial charge in [0.05, 0.1) is 12.0 Å². The molecule has 1 aliphatic rings. The lowest BCUT2D eigenvalue weighted by atomic mass is 9.80. The second-order valence-electron chi connectivity index (χ2n) is 7.75. The number of amides is 2. The van der Waals surface area contributed by atoms with Gasteiger partial charge in [-0.1, -0.05) is 28.0 Å². The average Bonchev–Trinajstić information content (AvgIpc) is 3.32. The summed E-state index contributed by atoms with van der Waals surface area (Å²) >= 11 is 6.22. The van der Waals surface area contributed by atoms with Crippen LogP contribution in [0, 0.1) is 12.3 Å². The van der Waals surface area contributed by atoms with Crippen molar-refractivity contribution in [2.45, 2.75) is 33.2 Å². The number of carbonyl (C=O) groups excluding carboxylic acids is 2. The molecule has 4 rings (SSSR count). The molecule has 9 heteroatoms. The van der Waals surface area contributed by atoms with Gasteiger partial charge in [-0.15, -0.1) is 0 Å². The van der Waals surface area contributed by atoms with E-state index >= 15 is 0 Å². The Kier molecular flexibility index (Phi) is 5.04. The summed E-state index contributed by atoms with van der Waals surface area (Å²) < 4.78 is 4.66. The Morgan fingerprint density at radius 2 is 2.21 bits per heavy atom. The van der Waals surface area contributed by atoms with Crippen LogP contribution in [0.3, 0.4) is 0 Å². The van der Waals surface area contributed by atoms with Crippen molar-refractivity contribution in [1.29, 1.82) is 0 Å². The number of fused-ring (bicyclic) bond motifs is 1. The first-order valence-electron chi connectivity index (χ1n) is 9.50. The van der Waals surface area contributed by atoms with Crippen molar-refractivity contribution in [3.8, 4) is 0 Å². The first-order valence-corrected chi connectivity index (χ1v) is 9.88. The summed E-state index contributed by atoms with van der Waals surface area (Å²) in [5, 5.41) is 11.8. The molecular weight excluding hydrogens is 394 g/mol. The highest BCUT2D eigenvalue weighted by Crippen LogP contribution is 2.31. The Bertz CT molecular complexity index is 1080. The molecule has 2 N–H and O–H groups in total. The van der Waals surface area contributed by atoms with Gasteiger partial charge in [-0.2, -0.15) is 0 Å². The minimum atomic E-state index is -0.678. The van der Waals surface area contributed by atoms with Crippen molar-refractivity contribution in [2.24, 2.45) is 5.41 Å². The number of likely N-dealkylation sites (tertiary alicyclic amines) is 1. The third-order valence-corrected chi connectivity index (χ3v) is 5.87. The van der Waals surface area contributed by atoms with Crippen LogP contribution in [0.15, 0.2) is 28.9 Å². The zero-order valence-corrected chi connectivity index (χ0v) is 17.0. The van der Waals surface area contributed by atoms with Gasteiger partial charge in [0, 0.05) is 29.0 Å². The third kappa shape index (κ3) is 3.72. The number of carbonyl (C=O) groups is 2. The number of rotatable bonds is 4. The zero-order chi connectivity index (χ0) is 20.6. The number of aromatic nitrogens is 3. The number of piperidine rings is 1. The summed E-state index contributed by atoms with van der Waals surface area (Å²) in [5.74, 6) is -0.246. The van der Waals surface area contributed by atoms with Crippen molar-refractivity contribution >= 4 is 34.3 Å². The van der Waals surface area contributed by atoms with E-state index in [-0.39, 0.29) is 18.4 Å². The molecule has 3 heterocycles. The Hall–Kier alpha value is -2.87. The summed E-state index contributed by atoms with van der Waals surface area (Å²) in [4.78, 5) is 30.8. The van der Waals surface area contributed by atoms with E-state index in [2.05, 4.69) is 25.2 Å². The molecule has 0 saturated carbocycles. The van der Waals surface area contributed by atoms with E-state index in [1.165, 1.54) is 0 Å². The fourth-order valence-corrected chi connectivity index (χ4v) is 4.02. The number of H-pyrrole nitrogens is 1. The Morgan fingerprint density at radius 3 is 2.93 bits per heavy atom. The molecule has 1 atom stereocenters. The van der Waals surface area contributed by atoms with E-state index in [4.69, 9.17) is 11.6 Å². The van der Waals surface area contributed by atoms with Crippen LogP contribution in [-0.2, 0) is 11.3 Å². The molecule has 1 aliphatic heterocycles.